The van der Waals surface area contributed by atoms with Gasteiger partial charge in [-0.25, -0.2) is 0 Å². The highest BCUT2D eigenvalue weighted by molar-refractivity contribution is 5.99. The van der Waals surface area contributed by atoms with Crippen LogP contribution >= 0.6 is 0 Å². The minimum atomic E-state index is 0.138. The first-order valence-corrected chi connectivity index (χ1v) is 6.61. The normalized spacial score (nSPS) is 17.4. The fourth-order valence-electron chi connectivity index (χ4n) is 2.26. The Kier molecular flexibility index (Phi) is 4.39. The molecule has 5 heteroatoms. The van der Waals surface area contributed by atoms with E-state index in [4.69, 9.17) is 5.73 Å². The summed E-state index contributed by atoms with van der Waals surface area (Å²) in [5.74, 6) is 0.138. The molecule has 0 saturated carbocycles. The van der Waals surface area contributed by atoms with Crippen LogP contribution in [0.2, 0.25) is 0 Å². The van der Waals surface area contributed by atoms with Crippen LogP contribution in [0.25, 0.3) is 0 Å². The fourth-order valence-corrected chi connectivity index (χ4v) is 2.26. The number of hydrogen-bond acceptors (Lipinski definition) is 5. The van der Waals surface area contributed by atoms with Crippen molar-refractivity contribution in [1.29, 1.82) is 0 Å². The minimum absolute atomic E-state index is 0.138. The average Bonchev–Trinajstić information content (AvgIpc) is 2.41. The van der Waals surface area contributed by atoms with Gasteiger partial charge in [-0.05, 0) is 25.2 Å². The van der Waals surface area contributed by atoms with E-state index in [9.17, 15) is 4.79 Å². The summed E-state index contributed by atoms with van der Waals surface area (Å²) in [6, 6.07) is 5.44. The molecule has 104 valence electrons. The molecular formula is C14H22N4O. The summed E-state index contributed by atoms with van der Waals surface area (Å²) in [7, 11) is 3.92. The summed E-state index contributed by atoms with van der Waals surface area (Å²) in [5.41, 5.74) is 8.05. The highest BCUT2D eigenvalue weighted by atomic mass is 16.1. The highest BCUT2D eigenvalue weighted by Crippen LogP contribution is 2.19. The van der Waals surface area contributed by atoms with Crippen LogP contribution in [0.15, 0.2) is 18.2 Å². The second-order valence-corrected chi connectivity index (χ2v) is 5.05. The third-order valence-electron chi connectivity index (χ3n) is 3.61. The maximum atomic E-state index is 12.2. The molecule has 0 aromatic heterocycles. The molecule has 1 aromatic rings. The van der Waals surface area contributed by atoms with Crippen molar-refractivity contribution in [2.24, 2.45) is 0 Å². The van der Waals surface area contributed by atoms with Crippen LogP contribution in [0.3, 0.4) is 0 Å². The summed E-state index contributed by atoms with van der Waals surface area (Å²) in [6.07, 6.45) is 0. The number of likely N-dealkylation sites (N-methyl/N-ethyl adjacent to an activating group) is 1. The fraction of sp³-hybridized carbons (Fsp3) is 0.500. The molecule has 1 saturated heterocycles. The molecule has 0 unspecified atom stereocenters. The summed E-state index contributed by atoms with van der Waals surface area (Å²) < 4.78 is 0. The summed E-state index contributed by atoms with van der Waals surface area (Å²) >= 11 is 0. The van der Waals surface area contributed by atoms with Crippen LogP contribution in [0.5, 0.6) is 0 Å². The maximum Gasteiger partial charge on any atom is 0.176 e. The number of nitrogens with one attached hydrogen (secondary N) is 1. The summed E-state index contributed by atoms with van der Waals surface area (Å²) in [6.45, 7) is 4.42. The Labute approximate surface area is 114 Å². The van der Waals surface area contributed by atoms with Crippen molar-refractivity contribution in [1.82, 2.24) is 9.80 Å². The van der Waals surface area contributed by atoms with E-state index in [-0.39, 0.29) is 5.78 Å². The van der Waals surface area contributed by atoms with Crippen molar-refractivity contribution in [2.45, 2.75) is 0 Å². The van der Waals surface area contributed by atoms with Crippen LogP contribution in [-0.4, -0.2) is 62.4 Å². The molecule has 5 nitrogen and oxygen atoms in total. The molecule has 1 aromatic carbocycles. The molecule has 1 aliphatic rings. The summed E-state index contributed by atoms with van der Waals surface area (Å²) in [5, 5.41) is 3.00. The zero-order valence-electron chi connectivity index (χ0n) is 11.6. The van der Waals surface area contributed by atoms with Crippen molar-refractivity contribution in [3.05, 3.63) is 23.8 Å². The number of carbonyl (C=O) groups is 1. The lowest BCUT2D eigenvalue weighted by Crippen LogP contribution is -2.46. The van der Waals surface area contributed by atoms with Gasteiger partial charge in [0.2, 0.25) is 0 Å². The molecule has 19 heavy (non-hydrogen) atoms. The van der Waals surface area contributed by atoms with Crippen LogP contribution in [-0.2, 0) is 0 Å². The number of piperazine rings is 1. The van der Waals surface area contributed by atoms with E-state index in [2.05, 4.69) is 22.2 Å². The number of Topliss-reactive ketones (excluding diaryl/α,β-unsaturated/α-hetero) is 1. The van der Waals surface area contributed by atoms with Crippen LogP contribution in [0, 0.1) is 0 Å². The molecule has 1 aliphatic heterocycles. The van der Waals surface area contributed by atoms with E-state index in [0.29, 0.717) is 17.8 Å². The van der Waals surface area contributed by atoms with Gasteiger partial charge in [-0.15, -0.1) is 0 Å². The first kappa shape index (κ1) is 13.8. The Morgan fingerprint density at radius 1 is 1.32 bits per heavy atom. The molecule has 2 rings (SSSR count). The van der Waals surface area contributed by atoms with Crippen LogP contribution in [0.1, 0.15) is 10.4 Å². The van der Waals surface area contributed by atoms with Gasteiger partial charge in [0.25, 0.3) is 0 Å². The van der Waals surface area contributed by atoms with Gasteiger partial charge in [-0.3, -0.25) is 9.69 Å². The number of anilines is 2. The summed E-state index contributed by atoms with van der Waals surface area (Å²) in [4.78, 5) is 16.7. The molecule has 0 amide bonds. The molecule has 0 radical (unpaired) electrons. The predicted molar refractivity (Wildman–Crippen MR) is 78.7 cm³/mol. The molecule has 0 spiro atoms. The SMILES string of the molecule is CNc1ccc(C(=O)CN2CCN(C)CC2)cc1N. The first-order valence-electron chi connectivity index (χ1n) is 6.61. The van der Waals surface area contributed by atoms with Gasteiger partial charge < -0.3 is 16.0 Å². The van der Waals surface area contributed by atoms with Crippen molar-refractivity contribution >= 4 is 17.2 Å². The van der Waals surface area contributed by atoms with Crippen molar-refractivity contribution in [3.63, 3.8) is 0 Å². The molecule has 0 bridgehead atoms. The lowest BCUT2D eigenvalue weighted by Gasteiger charge is -2.31. The van der Waals surface area contributed by atoms with Crippen molar-refractivity contribution < 1.29 is 4.79 Å². The smallest absolute Gasteiger partial charge is 0.176 e. The number of hydrogen-bond donors (Lipinski definition) is 2. The monoisotopic (exact) mass is 262 g/mol. The van der Waals surface area contributed by atoms with Crippen molar-refractivity contribution in [3.8, 4) is 0 Å². The van der Waals surface area contributed by atoms with Crippen LogP contribution in [0.4, 0.5) is 11.4 Å². The Morgan fingerprint density at radius 3 is 2.58 bits per heavy atom. The Hall–Kier alpha value is -1.59. The highest BCUT2D eigenvalue weighted by Gasteiger charge is 2.17. The van der Waals surface area contributed by atoms with Gasteiger partial charge in [0, 0.05) is 38.8 Å². The Bertz CT molecular complexity index is 453. The van der Waals surface area contributed by atoms with Gasteiger partial charge in [0.05, 0.1) is 17.9 Å². The number of nitrogen functional groups attached to an aromatic ring is 1. The Morgan fingerprint density at radius 2 is 2.00 bits per heavy atom. The quantitative estimate of drug-likeness (QED) is 0.619. The standard InChI is InChI=1S/C14H22N4O/c1-16-13-4-3-11(9-12(13)15)14(19)10-18-7-5-17(2)6-8-18/h3-4,9,16H,5-8,10,15H2,1-2H3. The van der Waals surface area contributed by atoms with E-state index in [1.165, 1.54) is 0 Å². The lowest BCUT2D eigenvalue weighted by atomic mass is 10.1. The molecule has 1 fully saturated rings. The van der Waals surface area contributed by atoms with E-state index in [1.54, 1.807) is 6.07 Å². The second kappa shape index (κ2) is 6.04. The molecule has 1 heterocycles. The van der Waals surface area contributed by atoms with Crippen molar-refractivity contribution in [2.75, 3.05) is 57.9 Å². The van der Waals surface area contributed by atoms with Crippen LogP contribution < -0.4 is 11.1 Å². The lowest BCUT2D eigenvalue weighted by molar-refractivity contribution is 0.0876. The molecule has 0 atom stereocenters. The number of carbonyl (C=O) groups excluding carboxylic acids is 1. The van der Waals surface area contributed by atoms with E-state index in [0.717, 1.165) is 31.9 Å². The maximum absolute atomic E-state index is 12.2. The third-order valence-corrected chi connectivity index (χ3v) is 3.61. The zero-order chi connectivity index (χ0) is 13.8. The van der Waals surface area contributed by atoms with E-state index >= 15 is 0 Å². The molecule has 0 aliphatic carbocycles. The average molecular weight is 262 g/mol. The number of rotatable bonds is 4. The minimum Gasteiger partial charge on any atom is -0.397 e. The number of ketones is 1. The van der Waals surface area contributed by atoms with Gasteiger partial charge in [0.15, 0.2) is 5.78 Å². The first-order chi connectivity index (χ1) is 9.10. The predicted octanol–water partition coefficient (Wildman–Crippen LogP) is 0.741. The van der Waals surface area contributed by atoms with Gasteiger partial charge in [-0.2, -0.15) is 0 Å². The third kappa shape index (κ3) is 3.45. The topological polar surface area (TPSA) is 61.6 Å². The van der Waals surface area contributed by atoms with Gasteiger partial charge in [-0.1, -0.05) is 0 Å². The second-order valence-electron chi connectivity index (χ2n) is 5.05. The number of benzene rings is 1. The zero-order valence-corrected chi connectivity index (χ0v) is 11.6. The van der Waals surface area contributed by atoms with Gasteiger partial charge >= 0.3 is 0 Å². The largest absolute Gasteiger partial charge is 0.397 e. The molecule has 3 N–H and O–H groups in total. The molecular weight excluding hydrogens is 240 g/mol. The van der Waals surface area contributed by atoms with E-state index in [1.807, 2.05) is 19.2 Å². The van der Waals surface area contributed by atoms with Gasteiger partial charge in [0.1, 0.15) is 0 Å². The number of nitrogens with zero attached hydrogens (tertiary/aromatic N) is 2. The Balaban J connectivity index is 1.98. The number of nitrogens with two attached hydrogens (primary N) is 1. The van der Waals surface area contributed by atoms with E-state index < -0.39 is 0 Å².